The van der Waals surface area contributed by atoms with Gasteiger partial charge in [0.1, 0.15) is 0 Å². The lowest BCUT2D eigenvalue weighted by Gasteiger charge is -2.49. The standard InChI is InChI=1S/C18H25ClN2O3/c1-18(10-12-20(18)2)17(23)21(11-4-5-16(22)24-3)13-14-6-8-15(19)9-7-14/h6-9H,4-5,10-13H2,1-3H3. The highest BCUT2D eigenvalue weighted by molar-refractivity contribution is 6.30. The van der Waals surface area contributed by atoms with E-state index in [1.807, 2.05) is 43.1 Å². The molecule has 0 spiro atoms. The van der Waals surface area contributed by atoms with E-state index in [4.69, 9.17) is 11.6 Å². The molecule has 1 unspecified atom stereocenters. The third-order valence-electron chi connectivity index (χ3n) is 4.85. The van der Waals surface area contributed by atoms with Gasteiger partial charge in [-0.3, -0.25) is 14.5 Å². The number of benzene rings is 1. The second-order valence-electron chi connectivity index (χ2n) is 6.48. The summed E-state index contributed by atoms with van der Waals surface area (Å²) in [6, 6.07) is 7.50. The first-order valence-corrected chi connectivity index (χ1v) is 8.56. The Labute approximate surface area is 148 Å². The van der Waals surface area contributed by atoms with Gasteiger partial charge in [-0.2, -0.15) is 0 Å². The summed E-state index contributed by atoms with van der Waals surface area (Å²) in [6.45, 7) is 3.95. The van der Waals surface area contributed by atoms with E-state index in [1.165, 1.54) is 7.11 Å². The molecule has 0 saturated carbocycles. The zero-order chi connectivity index (χ0) is 17.7. The number of hydrogen-bond acceptors (Lipinski definition) is 4. The number of likely N-dealkylation sites (tertiary alicyclic amines) is 1. The van der Waals surface area contributed by atoms with Crippen LogP contribution in [0.3, 0.4) is 0 Å². The van der Waals surface area contributed by atoms with Crippen molar-refractivity contribution in [3.63, 3.8) is 0 Å². The number of carbonyl (C=O) groups is 2. The summed E-state index contributed by atoms with van der Waals surface area (Å²) in [5.41, 5.74) is 0.578. The van der Waals surface area contributed by atoms with E-state index in [0.717, 1.165) is 18.5 Å². The molecule has 1 aliphatic rings. The van der Waals surface area contributed by atoms with Crippen LogP contribution in [-0.4, -0.2) is 54.5 Å². The molecule has 1 heterocycles. The number of esters is 1. The first kappa shape index (κ1) is 18.7. The zero-order valence-electron chi connectivity index (χ0n) is 14.5. The van der Waals surface area contributed by atoms with Crippen LogP contribution in [0, 0.1) is 0 Å². The van der Waals surface area contributed by atoms with Gasteiger partial charge in [-0.05, 0) is 44.5 Å². The van der Waals surface area contributed by atoms with Gasteiger partial charge in [0.15, 0.2) is 0 Å². The molecule has 6 heteroatoms. The second kappa shape index (κ2) is 7.99. The molecule has 0 bridgehead atoms. The maximum absolute atomic E-state index is 13.0. The summed E-state index contributed by atoms with van der Waals surface area (Å²) in [5.74, 6) is -0.142. The molecular formula is C18H25ClN2O3. The van der Waals surface area contributed by atoms with Gasteiger partial charge in [0.25, 0.3) is 0 Å². The SMILES string of the molecule is COC(=O)CCCN(Cc1ccc(Cl)cc1)C(=O)C1(C)CCN1C. The van der Waals surface area contributed by atoms with E-state index >= 15 is 0 Å². The average Bonchev–Trinajstić information content (AvgIpc) is 2.59. The van der Waals surface area contributed by atoms with Crippen molar-refractivity contribution in [2.75, 3.05) is 27.2 Å². The minimum absolute atomic E-state index is 0.107. The Kier molecular flexibility index (Phi) is 6.24. The molecule has 0 N–H and O–H groups in total. The summed E-state index contributed by atoms with van der Waals surface area (Å²) in [6.07, 6.45) is 1.76. The van der Waals surface area contributed by atoms with Gasteiger partial charge in [-0.15, -0.1) is 0 Å². The number of likely N-dealkylation sites (N-methyl/N-ethyl adjacent to an activating group) is 1. The van der Waals surface area contributed by atoms with Crippen molar-refractivity contribution in [1.29, 1.82) is 0 Å². The van der Waals surface area contributed by atoms with Gasteiger partial charge in [-0.1, -0.05) is 23.7 Å². The Balaban J connectivity index is 2.07. The summed E-state index contributed by atoms with van der Waals surface area (Å²) in [7, 11) is 3.35. The average molecular weight is 353 g/mol. The number of ether oxygens (including phenoxy) is 1. The summed E-state index contributed by atoms with van der Waals surface area (Å²) in [5, 5.41) is 0.674. The molecule has 1 fully saturated rings. The van der Waals surface area contributed by atoms with E-state index in [0.29, 0.717) is 31.0 Å². The fraction of sp³-hybridized carbons (Fsp3) is 0.556. The van der Waals surface area contributed by atoms with Crippen LogP contribution >= 0.6 is 11.6 Å². The van der Waals surface area contributed by atoms with Gasteiger partial charge in [0.05, 0.1) is 12.6 Å². The lowest BCUT2D eigenvalue weighted by molar-refractivity contribution is -0.152. The van der Waals surface area contributed by atoms with E-state index in [2.05, 4.69) is 9.64 Å². The van der Waals surface area contributed by atoms with Crippen LogP contribution in [0.1, 0.15) is 31.7 Å². The molecule has 1 atom stereocenters. The molecule has 132 valence electrons. The van der Waals surface area contributed by atoms with Crippen molar-refractivity contribution in [2.45, 2.75) is 38.3 Å². The van der Waals surface area contributed by atoms with E-state index in [-0.39, 0.29) is 11.9 Å². The van der Waals surface area contributed by atoms with Crippen LogP contribution in [0.4, 0.5) is 0 Å². The quantitative estimate of drug-likeness (QED) is 0.708. The molecule has 5 nitrogen and oxygen atoms in total. The minimum Gasteiger partial charge on any atom is -0.469 e. The first-order valence-electron chi connectivity index (χ1n) is 8.18. The second-order valence-corrected chi connectivity index (χ2v) is 6.91. The number of nitrogens with zero attached hydrogens (tertiary/aromatic N) is 2. The van der Waals surface area contributed by atoms with Crippen LogP contribution in [0.15, 0.2) is 24.3 Å². The third kappa shape index (κ3) is 4.28. The highest BCUT2D eigenvalue weighted by Gasteiger charge is 2.46. The highest BCUT2D eigenvalue weighted by atomic mass is 35.5. The Bertz CT molecular complexity index is 590. The van der Waals surface area contributed by atoms with Gasteiger partial charge in [0, 0.05) is 31.1 Å². The van der Waals surface area contributed by atoms with Gasteiger partial charge in [0.2, 0.25) is 5.91 Å². The van der Waals surface area contributed by atoms with Crippen molar-refractivity contribution in [3.05, 3.63) is 34.9 Å². The normalized spacial score (nSPS) is 20.3. The van der Waals surface area contributed by atoms with E-state index in [1.54, 1.807) is 0 Å². The molecule has 1 aromatic rings. The Morgan fingerprint density at radius 3 is 2.50 bits per heavy atom. The van der Waals surface area contributed by atoms with Crippen LogP contribution in [0.5, 0.6) is 0 Å². The number of rotatable bonds is 7. The van der Waals surface area contributed by atoms with Gasteiger partial charge < -0.3 is 9.64 Å². The van der Waals surface area contributed by atoms with Crippen LogP contribution in [-0.2, 0) is 20.9 Å². The molecule has 1 amide bonds. The minimum atomic E-state index is -0.447. The Morgan fingerprint density at radius 1 is 1.33 bits per heavy atom. The predicted octanol–water partition coefficient (Wildman–Crippen LogP) is 2.72. The molecule has 24 heavy (non-hydrogen) atoms. The third-order valence-corrected chi connectivity index (χ3v) is 5.10. The number of methoxy groups -OCH3 is 1. The molecule has 0 aromatic heterocycles. The van der Waals surface area contributed by atoms with Crippen molar-refractivity contribution < 1.29 is 14.3 Å². The monoisotopic (exact) mass is 352 g/mol. The molecule has 1 saturated heterocycles. The van der Waals surface area contributed by atoms with E-state index in [9.17, 15) is 9.59 Å². The first-order chi connectivity index (χ1) is 11.4. The van der Waals surface area contributed by atoms with Crippen LogP contribution < -0.4 is 0 Å². The molecule has 2 rings (SSSR count). The summed E-state index contributed by atoms with van der Waals surface area (Å²) < 4.78 is 4.68. The Hall–Kier alpha value is -1.59. The fourth-order valence-electron chi connectivity index (χ4n) is 2.86. The largest absolute Gasteiger partial charge is 0.469 e. The lowest BCUT2D eigenvalue weighted by Crippen LogP contribution is -2.64. The van der Waals surface area contributed by atoms with Crippen LogP contribution in [0.25, 0.3) is 0 Å². The highest BCUT2D eigenvalue weighted by Crippen LogP contribution is 2.31. The molecule has 0 radical (unpaired) electrons. The number of amides is 1. The number of carbonyl (C=O) groups excluding carboxylic acids is 2. The molecule has 1 aromatic carbocycles. The van der Waals surface area contributed by atoms with Crippen molar-refractivity contribution in [3.8, 4) is 0 Å². The predicted molar refractivity (Wildman–Crippen MR) is 93.8 cm³/mol. The van der Waals surface area contributed by atoms with Gasteiger partial charge in [-0.25, -0.2) is 0 Å². The van der Waals surface area contributed by atoms with Crippen molar-refractivity contribution in [2.24, 2.45) is 0 Å². The fourth-order valence-corrected chi connectivity index (χ4v) is 2.99. The van der Waals surface area contributed by atoms with Gasteiger partial charge >= 0.3 is 5.97 Å². The molecular weight excluding hydrogens is 328 g/mol. The summed E-state index contributed by atoms with van der Waals surface area (Å²) >= 11 is 5.93. The van der Waals surface area contributed by atoms with Crippen LogP contribution in [0.2, 0.25) is 5.02 Å². The number of hydrogen-bond donors (Lipinski definition) is 0. The maximum Gasteiger partial charge on any atom is 0.305 e. The Morgan fingerprint density at radius 2 is 2.00 bits per heavy atom. The van der Waals surface area contributed by atoms with E-state index < -0.39 is 5.54 Å². The number of halogens is 1. The smallest absolute Gasteiger partial charge is 0.305 e. The molecule has 1 aliphatic heterocycles. The molecule has 0 aliphatic carbocycles. The summed E-state index contributed by atoms with van der Waals surface area (Å²) in [4.78, 5) is 28.3. The maximum atomic E-state index is 13.0. The lowest BCUT2D eigenvalue weighted by atomic mass is 9.85. The van der Waals surface area contributed by atoms with Crippen molar-refractivity contribution in [1.82, 2.24) is 9.80 Å². The topological polar surface area (TPSA) is 49.9 Å². The van der Waals surface area contributed by atoms with Crippen molar-refractivity contribution >= 4 is 23.5 Å². The zero-order valence-corrected chi connectivity index (χ0v) is 15.3.